The third-order valence-electron chi connectivity index (χ3n) is 5.45. The number of thioether (sulfide) groups is 1. The fourth-order valence-electron chi connectivity index (χ4n) is 3.59. The summed E-state index contributed by atoms with van der Waals surface area (Å²) in [5, 5.41) is 2.95. The van der Waals surface area contributed by atoms with Crippen LogP contribution in [0.2, 0.25) is 0 Å². The molecule has 4 nitrogen and oxygen atoms in total. The smallest absolute Gasteiger partial charge is 0.225 e. The van der Waals surface area contributed by atoms with Gasteiger partial charge in [-0.1, -0.05) is 85.4 Å². The monoisotopic (exact) mass is 460 g/mol. The molecule has 0 fully saturated rings. The summed E-state index contributed by atoms with van der Waals surface area (Å²) in [6, 6.07) is 26.1. The van der Waals surface area contributed by atoms with E-state index in [4.69, 9.17) is 0 Å². The summed E-state index contributed by atoms with van der Waals surface area (Å²) < 4.78 is 0. The molecular weight excluding hydrogens is 428 g/mol. The number of hydrogen-bond donors (Lipinski definition) is 1. The average molecular weight is 461 g/mol. The maximum Gasteiger partial charge on any atom is 0.225 e. The molecule has 3 aromatic carbocycles. The Morgan fingerprint density at radius 1 is 0.818 bits per heavy atom. The Balaban J connectivity index is 1.46. The van der Waals surface area contributed by atoms with Gasteiger partial charge in [-0.25, -0.2) is 0 Å². The highest BCUT2D eigenvalue weighted by molar-refractivity contribution is 8.14. The first kappa shape index (κ1) is 24.6. The lowest BCUT2D eigenvalue weighted by Gasteiger charge is -2.16. The molecular formula is C28H32N2O2S. The summed E-state index contributed by atoms with van der Waals surface area (Å²) in [6.45, 7) is 3.80. The van der Waals surface area contributed by atoms with Gasteiger partial charge in [0.2, 0.25) is 11.0 Å². The zero-order valence-electron chi connectivity index (χ0n) is 19.7. The van der Waals surface area contributed by atoms with E-state index in [9.17, 15) is 9.59 Å². The summed E-state index contributed by atoms with van der Waals surface area (Å²) in [5.41, 5.74) is 5.59. The first-order chi connectivity index (χ1) is 15.8. The van der Waals surface area contributed by atoms with Crippen molar-refractivity contribution in [1.82, 2.24) is 5.32 Å². The van der Waals surface area contributed by atoms with Crippen molar-refractivity contribution in [1.29, 1.82) is 0 Å². The Morgan fingerprint density at radius 3 is 2.00 bits per heavy atom. The van der Waals surface area contributed by atoms with Crippen molar-refractivity contribution in [2.45, 2.75) is 38.0 Å². The summed E-state index contributed by atoms with van der Waals surface area (Å²) in [5.74, 6) is -0.141. The van der Waals surface area contributed by atoms with Crippen LogP contribution < -0.4 is 10.2 Å². The number of rotatable bonds is 9. The molecule has 3 aromatic rings. The third kappa shape index (κ3) is 7.50. The summed E-state index contributed by atoms with van der Waals surface area (Å²) in [7, 11) is 3.96. The maximum absolute atomic E-state index is 12.6. The van der Waals surface area contributed by atoms with Crippen LogP contribution >= 0.6 is 11.8 Å². The van der Waals surface area contributed by atoms with Crippen LogP contribution in [0.1, 0.15) is 25.0 Å². The number of benzene rings is 3. The zero-order valence-corrected chi connectivity index (χ0v) is 20.6. The Bertz CT molecular complexity index is 1050. The highest BCUT2D eigenvalue weighted by Crippen LogP contribution is 2.23. The van der Waals surface area contributed by atoms with Crippen LogP contribution in [-0.2, 0) is 22.4 Å². The van der Waals surface area contributed by atoms with Crippen molar-refractivity contribution < 1.29 is 9.59 Å². The number of amides is 1. The molecule has 33 heavy (non-hydrogen) atoms. The molecule has 0 aliphatic rings. The Labute approximate surface area is 201 Å². The van der Waals surface area contributed by atoms with Gasteiger partial charge < -0.3 is 10.2 Å². The van der Waals surface area contributed by atoms with Crippen molar-refractivity contribution in [3.05, 3.63) is 90.0 Å². The molecule has 0 radical (unpaired) electrons. The Kier molecular flexibility index (Phi) is 8.72. The van der Waals surface area contributed by atoms with E-state index in [1.165, 1.54) is 28.5 Å². The standard InChI is InChI=1S/C28H32N2O2S/c1-20(18-22-10-14-25(15-11-22)24-8-6-5-7-9-24)33-28(32)21(2)29-27(31)19-23-12-16-26(17-13-23)30(3)4/h5-17,20-21H,18-19H2,1-4H3,(H,29,31)/t20-,21+/m0/s1. The van der Waals surface area contributed by atoms with Crippen molar-refractivity contribution >= 4 is 28.5 Å². The summed E-state index contributed by atoms with van der Waals surface area (Å²) in [6.07, 6.45) is 1.06. The molecule has 1 N–H and O–H groups in total. The number of nitrogens with zero attached hydrogens (tertiary/aromatic N) is 1. The van der Waals surface area contributed by atoms with Gasteiger partial charge in [-0.15, -0.1) is 0 Å². The van der Waals surface area contributed by atoms with E-state index in [0.717, 1.165) is 17.7 Å². The summed E-state index contributed by atoms with van der Waals surface area (Å²) in [4.78, 5) is 27.0. The van der Waals surface area contributed by atoms with Crippen LogP contribution in [0.25, 0.3) is 11.1 Å². The molecule has 0 heterocycles. The van der Waals surface area contributed by atoms with Crippen LogP contribution in [0, 0.1) is 0 Å². The number of carbonyl (C=O) groups is 2. The molecule has 0 saturated carbocycles. The maximum atomic E-state index is 12.6. The van der Waals surface area contributed by atoms with Crippen molar-refractivity contribution in [3.8, 4) is 11.1 Å². The molecule has 3 rings (SSSR count). The normalized spacial score (nSPS) is 12.6. The molecule has 0 spiro atoms. The van der Waals surface area contributed by atoms with Crippen molar-refractivity contribution in [3.63, 3.8) is 0 Å². The lowest BCUT2D eigenvalue weighted by atomic mass is 10.0. The lowest BCUT2D eigenvalue weighted by molar-refractivity contribution is -0.123. The largest absolute Gasteiger partial charge is 0.378 e. The number of nitrogens with one attached hydrogen (secondary N) is 1. The highest BCUT2D eigenvalue weighted by atomic mass is 32.2. The predicted octanol–water partition coefficient (Wildman–Crippen LogP) is 5.36. The average Bonchev–Trinajstić information content (AvgIpc) is 2.80. The SMILES string of the molecule is C[C@@H](Cc1ccc(-c2ccccc2)cc1)SC(=O)[C@@H](C)NC(=O)Cc1ccc(N(C)C)cc1. The zero-order chi connectivity index (χ0) is 23.8. The van der Waals surface area contributed by atoms with Crippen LogP contribution in [0.5, 0.6) is 0 Å². The molecule has 0 saturated heterocycles. The minimum Gasteiger partial charge on any atom is -0.378 e. The van der Waals surface area contributed by atoms with Gasteiger partial charge >= 0.3 is 0 Å². The lowest BCUT2D eigenvalue weighted by Crippen LogP contribution is -2.38. The fraction of sp³-hybridized carbons (Fsp3) is 0.286. The van der Waals surface area contributed by atoms with Gasteiger partial charge in [-0.2, -0.15) is 0 Å². The molecule has 0 bridgehead atoms. The van der Waals surface area contributed by atoms with E-state index in [-0.39, 0.29) is 22.7 Å². The second-order valence-corrected chi connectivity index (χ2v) is 9.98. The van der Waals surface area contributed by atoms with Gasteiger partial charge in [0, 0.05) is 25.0 Å². The fourth-order valence-corrected chi connectivity index (χ4v) is 4.52. The van der Waals surface area contributed by atoms with E-state index in [1.54, 1.807) is 6.92 Å². The van der Waals surface area contributed by atoms with Crippen LogP contribution in [-0.4, -0.2) is 36.4 Å². The highest BCUT2D eigenvalue weighted by Gasteiger charge is 2.19. The van der Waals surface area contributed by atoms with Crippen LogP contribution in [0.3, 0.4) is 0 Å². The second kappa shape index (κ2) is 11.7. The Morgan fingerprint density at radius 2 is 1.39 bits per heavy atom. The van der Waals surface area contributed by atoms with Gasteiger partial charge in [-0.05, 0) is 47.7 Å². The molecule has 0 aromatic heterocycles. The van der Waals surface area contributed by atoms with Gasteiger partial charge in [0.05, 0.1) is 12.5 Å². The summed E-state index contributed by atoms with van der Waals surface area (Å²) >= 11 is 1.30. The van der Waals surface area contributed by atoms with Crippen LogP contribution in [0.4, 0.5) is 5.69 Å². The van der Waals surface area contributed by atoms with E-state index >= 15 is 0 Å². The van der Waals surface area contributed by atoms with E-state index in [1.807, 2.05) is 61.5 Å². The number of carbonyl (C=O) groups excluding carboxylic acids is 2. The topological polar surface area (TPSA) is 49.4 Å². The Hall–Kier alpha value is -3.05. The van der Waals surface area contributed by atoms with Gasteiger partial charge in [0.25, 0.3) is 0 Å². The number of anilines is 1. The number of hydrogen-bond acceptors (Lipinski definition) is 4. The third-order valence-corrected chi connectivity index (χ3v) is 6.60. The van der Waals surface area contributed by atoms with E-state index < -0.39 is 6.04 Å². The predicted molar refractivity (Wildman–Crippen MR) is 140 cm³/mol. The molecule has 0 unspecified atom stereocenters. The van der Waals surface area contributed by atoms with Gasteiger partial charge in [0.15, 0.2) is 0 Å². The van der Waals surface area contributed by atoms with E-state index in [2.05, 4.69) is 48.6 Å². The molecule has 172 valence electrons. The molecule has 2 atom stereocenters. The molecule has 0 aliphatic carbocycles. The first-order valence-electron chi connectivity index (χ1n) is 11.2. The first-order valence-corrected chi connectivity index (χ1v) is 12.1. The van der Waals surface area contributed by atoms with Gasteiger partial charge in [0.1, 0.15) is 0 Å². The molecule has 5 heteroatoms. The minimum absolute atomic E-state index is 0.0142. The van der Waals surface area contributed by atoms with Crippen molar-refractivity contribution in [2.75, 3.05) is 19.0 Å². The second-order valence-electron chi connectivity index (χ2n) is 8.54. The van der Waals surface area contributed by atoms with Crippen LogP contribution in [0.15, 0.2) is 78.9 Å². The van der Waals surface area contributed by atoms with Gasteiger partial charge in [-0.3, -0.25) is 9.59 Å². The quantitative estimate of drug-likeness (QED) is 0.467. The minimum atomic E-state index is -0.522. The molecule has 1 amide bonds. The van der Waals surface area contributed by atoms with E-state index in [0.29, 0.717) is 0 Å². The van der Waals surface area contributed by atoms with Crippen molar-refractivity contribution in [2.24, 2.45) is 0 Å². The molecule has 0 aliphatic heterocycles.